The highest BCUT2D eigenvalue weighted by molar-refractivity contribution is 5.79. The van der Waals surface area contributed by atoms with E-state index in [0.29, 0.717) is 43.6 Å². The van der Waals surface area contributed by atoms with Crippen LogP contribution in [-0.4, -0.2) is 57.8 Å². The second kappa shape index (κ2) is 8.99. The summed E-state index contributed by atoms with van der Waals surface area (Å²) >= 11 is 0. The van der Waals surface area contributed by atoms with E-state index in [9.17, 15) is 22.8 Å². The SMILES string of the molecule is O=C(Cn1cnc2ccccc2c1=O)N1CCN(Cc2ccc(OC(F)(F)F)cc2)CC1. The van der Waals surface area contributed by atoms with E-state index >= 15 is 0 Å². The quantitative estimate of drug-likeness (QED) is 0.603. The van der Waals surface area contributed by atoms with Gasteiger partial charge in [0.05, 0.1) is 17.2 Å². The Labute approximate surface area is 181 Å². The van der Waals surface area contributed by atoms with E-state index in [1.54, 1.807) is 41.3 Å². The number of piperazine rings is 1. The molecule has 0 spiro atoms. The predicted molar refractivity (Wildman–Crippen MR) is 111 cm³/mol. The van der Waals surface area contributed by atoms with E-state index in [1.807, 2.05) is 0 Å². The number of aromatic nitrogens is 2. The predicted octanol–water partition coefficient (Wildman–Crippen LogP) is 2.64. The molecule has 0 unspecified atom stereocenters. The summed E-state index contributed by atoms with van der Waals surface area (Å²) in [5.74, 6) is -0.410. The summed E-state index contributed by atoms with van der Waals surface area (Å²) in [6.07, 6.45) is -3.32. The lowest BCUT2D eigenvalue weighted by atomic mass is 10.2. The topological polar surface area (TPSA) is 67.7 Å². The molecule has 168 valence electrons. The minimum atomic E-state index is -4.71. The normalized spacial score (nSPS) is 15.2. The average Bonchev–Trinajstić information content (AvgIpc) is 2.77. The zero-order chi connectivity index (χ0) is 22.7. The molecule has 4 rings (SSSR count). The molecule has 0 bridgehead atoms. The Morgan fingerprint density at radius 3 is 2.38 bits per heavy atom. The molecule has 1 fully saturated rings. The van der Waals surface area contributed by atoms with Crippen LogP contribution in [-0.2, 0) is 17.9 Å². The monoisotopic (exact) mass is 446 g/mol. The van der Waals surface area contributed by atoms with Crippen LogP contribution in [0.15, 0.2) is 59.7 Å². The molecule has 2 aromatic carbocycles. The van der Waals surface area contributed by atoms with Gasteiger partial charge in [-0.25, -0.2) is 4.98 Å². The van der Waals surface area contributed by atoms with Gasteiger partial charge in [0, 0.05) is 32.7 Å². The van der Waals surface area contributed by atoms with E-state index < -0.39 is 6.36 Å². The third kappa shape index (κ3) is 5.25. The van der Waals surface area contributed by atoms with Crippen LogP contribution in [0.25, 0.3) is 10.9 Å². The van der Waals surface area contributed by atoms with Crippen molar-refractivity contribution in [2.75, 3.05) is 26.2 Å². The van der Waals surface area contributed by atoms with Crippen LogP contribution in [0.2, 0.25) is 0 Å². The molecule has 7 nitrogen and oxygen atoms in total. The van der Waals surface area contributed by atoms with Crippen molar-refractivity contribution < 1.29 is 22.7 Å². The first kappa shape index (κ1) is 21.8. The molecule has 0 aliphatic carbocycles. The van der Waals surface area contributed by atoms with Crippen molar-refractivity contribution in [3.63, 3.8) is 0 Å². The molecule has 32 heavy (non-hydrogen) atoms. The molecule has 3 aromatic rings. The van der Waals surface area contributed by atoms with Gasteiger partial charge in [0.25, 0.3) is 5.56 Å². The number of amides is 1. The summed E-state index contributed by atoms with van der Waals surface area (Å²) in [6, 6.07) is 12.8. The average molecular weight is 446 g/mol. The molecule has 1 aliphatic heterocycles. The van der Waals surface area contributed by atoms with E-state index in [4.69, 9.17) is 0 Å². The van der Waals surface area contributed by atoms with Crippen LogP contribution in [0.1, 0.15) is 5.56 Å². The molecule has 1 amide bonds. The number of hydrogen-bond acceptors (Lipinski definition) is 5. The molecule has 0 radical (unpaired) electrons. The molecule has 2 heterocycles. The summed E-state index contributed by atoms with van der Waals surface area (Å²) in [7, 11) is 0. The highest BCUT2D eigenvalue weighted by Gasteiger charge is 2.31. The molecule has 0 saturated carbocycles. The van der Waals surface area contributed by atoms with Gasteiger partial charge in [-0.15, -0.1) is 13.2 Å². The van der Waals surface area contributed by atoms with Gasteiger partial charge in [-0.05, 0) is 29.8 Å². The maximum Gasteiger partial charge on any atom is 0.573 e. The highest BCUT2D eigenvalue weighted by atomic mass is 19.4. The number of benzene rings is 2. The number of rotatable bonds is 5. The maximum atomic E-state index is 12.7. The fourth-order valence-corrected chi connectivity index (χ4v) is 3.67. The molecular formula is C22H21F3N4O3. The minimum Gasteiger partial charge on any atom is -0.406 e. The number of carbonyl (C=O) groups is 1. The highest BCUT2D eigenvalue weighted by Crippen LogP contribution is 2.23. The van der Waals surface area contributed by atoms with E-state index in [0.717, 1.165) is 5.56 Å². The lowest BCUT2D eigenvalue weighted by molar-refractivity contribution is -0.274. The van der Waals surface area contributed by atoms with Crippen LogP contribution in [0, 0.1) is 0 Å². The van der Waals surface area contributed by atoms with Crippen LogP contribution in [0.5, 0.6) is 5.75 Å². The molecule has 0 N–H and O–H groups in total. The summed E-state index contributed by atoms with van der Waals surface area (Å²) < 4.78 is 42.0. The number of alkyl halides is 3. The zero-order valence-corrected chi connectivity index (χ0v) is 17.1. The Morgan fingerprint density at radius 1 is 1.00 bits per heavy atom. The van der Waals surface area contributed by atoms with Gasteiger partial charge in [-0.2, -0.15) is 0 Å². The van der Waals surface area contributed by atoms with Gasteiger partial charge in [0.15, 0.2) is 0 Å². The lowest BCUT2D eigenvalue weighted by Crippen LogP contribution is -2.49. The number of ether oxygens (including phenoxy) is 1. The number of nitrogens with zero attached hydrogens (tertiary/aromatic N) is 4. The van der Waals surface area contributed by atoms with Gasteiger partial charge < -0.3 is 9.64 Å². The molecule has 10 heteroatoms. The van der Waals surface area contributed by atoms with Gasteiger partial charge in [-0.1, -0.05) is 24.3 Å². The van der Waals surface area contributed by atoms with Gasteiger partial charge in [0.2, 0.25) is 5.91 Å². The third-order valence-corrected chi connectivity index (χ3v) is 5.33. The van der Waals surface area contributed by atoms with Gasteiger partial charge in [-0.3, -0.25) is 19.1 Å². The van der Waals surface area contributed by atoms with Crippen LogP contribution in [0.4, 0.5) is 13.2 Å². The van der Waals surface area contributed by atoms with Crippen molar-refractivity contribution >= 4 is 16.8 Å². The van der Waals surface area contributed by atoms with Crippen molar-refractivity contribution in [3.05, 3.63) is 70.8 Å². The Bertz CT molecular complexity index is 1150. The second-order valence-corrected chi connectivity index (χ2v) is 7.54. The number of hydrogen-bond donors (Lipinski definition) is 0. The van der Waals surface area contributed by atoms with Gasteiger partial charge in [0.1, 0.15) is 12.3 Å². The first-order chi connectivity index (χ1) is 15.3. The summed E-state index contributed by atoms with van der Waals surface area (Å²) in [5, 5.41) is 0.472. The first-order valence-electron chi connectivity index (χ1n) is 10.1. The standard InChI is InChI=1S/C22H21F3N4O3/c23-22(24,25)32-17-7-5-16(6-8-17)13-27-9-11-28(12-10-27)20(30)14-29-15-26-19-4-2-1-3-18(19)21(29)31/h1-8,15H,9-14H2. The molecule has 0 atom stereocenters. The van der Waals surface area contributed by atoms with Crippen LogP contribution >= 0.6 is 0 Å². The molecular weight excluding hydrogens is 425 g/mol. The molecule has 1 saturated heterocycles. The maximum absolute atomic E-state index is 12.7. The number of para-hydroxylation sites is 1. The first-order valence-corrected chi connectivity index (χ1v) is 10.1. The van der Waals surface area contributed by atoms with E-state index in [2.05, 4.69) is 14.6 Å². The summed E-state index contributed by atoms with van der Waals surface area (Å²) in [6.45, 7) is 2.74. The Morgan fingerprint density at radius 2 is 1.69 bits per heavy atom. The van der Waals surface area contributed by atoms with Gasteiger partial charge >= 0.3 is 6.36 Å². The van der Waals surface area contributed by atoms with Crippen molar-refractivity contribution in [3.8, 4) is 5.75 Å². The Kier molecular flexibility index (Phi) is 6.13. The smallest absolute Gasteiger partial charge is 0.406 e. The number of halogens is 3. The third-order valence-electron chi connectivity index (χ3n) is 5.33. The Balaban J connectivity index is 1.30. The van der Waals surface area contributed by atoms with Crippen molar-refractivity contribution in [2.45, 2.75) is 19.5 Å². The summed E-state index contributed by atoms with van der Waals surface area (Å²) in [5.41, 5.74) is 1.20. The fourth-order valence-electron chi connectivity index (χ4n) is 3.67. The van der Waals surface area contributed by atoms with E-state index in [1.165, 1.54) is 23.0 Å². The number of fused-ring (bicyclic) bond motifs is 1. The van der Waals surface area contributed by atoms with Crippen molar-refractivity contribution in [1.29, 1.82) is 0 Å². The second-order valence-electron chi connectivity index (χ2n) is 7.54. The van der Waals surface area contributed by atoms with E-state index in [-0.39, 0.29) is 23.8 Å². The summed E-state index contributed by atoms with van der Waals surface area (Å²) in [4.78, 5) is 33.3. The van der Waals surface area contributed by atoms with Crippen LogP contribution < -0.4 is 10.3 Å². The van der Waals surface area contributed by atoms with Crippen molar-refractivity contribution in [1.82, 2.24) is 19.4 Å². The largest absolute Gasteiger partial charge is 0.573 e. The fraction of sp³-hybridized carbons (Fsp3) is 0.318. The Hall–Kier alpha value is -3.40. The van der Waals surface area contributed by atoms with Crippen LogP contribution in [0.3, 0.4) is 0 Å². The molecule has 1 aromatic heterocycles. The minimum absolute atomic E-state index is 0.0721. The molecule has 1 aliphatic rings. The lowest BCUT2D eigenvalue weighted by Gasteiger charge is -2.34. The van der Waals surface area contributed by atoms with Crippen molar-refractivity contribution in [2.24, 2.45) is 0 Å². The zero-order valence-electron chi connectivity index (χ0n) is 17.1. The number of carbonyl (C=O) groups excluding carboxylic acids is 1.